The summed E-state index contributed by atoms with van der Waals surface area (Å²) < 4.78 is 0. The predicted octanol–water partition coefficient (Wildman–Crippen LogP) is 0.554. The molecule has 2 saturated heterocycles. The minimum atomic E-state index is -0.142. The van der Waals surface area contributed by atoms with E-state index in [2.05, 4.69) is 11.4 Å². The van der Waals surface area contributed by atoms with Gasteiger partial charge in [-0.05, 0) is 32.0 Å². The summed E-state index contributed by atoms with van der Waals surface area (Å²) in [6.07, 6.45) is 1.82. The van der Waals surface area contributed by atoms with Crippen LogP contribution in [0.5, 0.6) is 0 Å². The lowest BCUT2D eigenvalue weighted by molar-refractivity contribution is -0.116. The highest BCUT2D eigenvalue weighted by Gasteiger charge is 2.34. The summed E-state index contributed by atoms with van der Waals surface area (Å²) in [6, 6.07) is 2.13. The molecule has 0 aromatic rings. The number of hydrogen-bond acceptors (Lipinski definition) is 4. The highest BCUT2D eigenvalue weighted by molar-refractivity contribution is 7.80. The summed E-state index contributed by atoms with van der Waals surface area (Å²) in [5.41, 5.74) is 1.58. The van der Waals surface area contributed by atoms with Crippen LogP contribution in [0.15, 0.2) is 11.4 Å². The molecular formula is C11H14N4OS. The number of likely N-dealkylation sites (N-methyl/N-ethyl adjacent to an activating group) is 1. The third-order valence-corrected chi connectivity index (χ3v) is 3.35. The lowest BCUT2D eigenvalue weighted by Crippen LogP contribution is -2.28. The van der Waals surface area contributed by atoms with E-state index in [1.54, 1.807) is 0 Å². The average molecular weight is 250 g/mol. The van der Waals surface area contributed by atoms with Crippen molar-refractivity contribution in [3.05, 3.63) is 11.4 Å². The van der Waals surface area contributed by atoms with Crippen molar-refractivity contribution in [2.24, 2.45) is 0 Å². The van der Waals surface area contributed by atoms with Crippen molar-refractivity contribution < 1.29 is 4.79 Å². The van der Waals surface area contributed by atoms with Crippen molar-refractivity contribution in [3.63, 3.8) is 0 Å². The van der Waals surface area contributed by atoms with Crippen LogP contribution in [0.2, 0.25) is 0 Å². The van der Waals surface area contributed by atoms with Crippen LogP contribution in [0, 0.1) is 11.3 Å². The van der Waals surface area contributed by atoms with Gasteiger partial charge in [-0.15, -0.1) is 0 Å². The molecule has 0 bridgehead atoms. The second-order valence-corrected chi connectivity index (χ2v) is 4.37. The minimum absolute atomic E-state index is 0.142. The van der Waals surface area contributed by atoms with E-state index in [1.807, 2.05) is 16.7 Å². The predicted molar refractivity (Wildman–Crippen MR) is 66.6 cm³/mol. The number of nitrogens with one attached hydrogen (secondary N) is 1. The monoisotopic (exact) mass is 250 g/mol. The number of allylic oxidation sites excluding steroid dienone is 1. The summed E-state index contributed by atoms with van der Waals surface area (Å²) in [6.45, 7) is 3.79. The van der Waals surface area contributed by atoms with Gasteiger partial charge in [0.15, 0.2) is 5.11 Å². The number of hydrogen-bond donors (Lipinski definition) is 1. The van der Waals surface area contributed by atoms with E-state index in [-0.39, 0.29) is 5.91 Å². The highest BCUT2D eigenvalue weighted by Crippen LogP contribution is 2.28. The summed E-state index contributed by atoms with van der Waals surface area (Å²) in [7, 11) is 0. The first kappa shape index (κ1) is 11.9. The fourth-order valence-electron chi connectivity index (χ4n) is 2.29. The number of rotatable bonds is 2. The zero-order chi connectivity index (χ0) is 12.4. The van der Waals surface area contributed by atoms with Gasteiger partial charge in [-0.25, -0.2) is 0 Å². The third-order valence-electron chi connectivity index (χ3n) is 3.03. The maximum atomic E-state index is 11.9. The maximum Gasteiger partial charge on any atom is 0.275 e. The zero-order valence-corrected chi connectivity index (χ0v) is 10.5. The molecule has 1 N–H and O–H groups in total. The zero-order valence-electron chi connectivity index (χ0n) is 9.69. The van der Waals surface area contributed by atoms with Crippen LogP contribution in [0.4, 0.5) is 0 Å². The number of amides is 1. The molecule has 0 atom stereocenters. The van der Waals surface area contributed by atoms with E-state index in [4.69, 9.17) is 17.5 Å². The van der Waals surface area contributed by atoms with Crippen molar-refractivity contribution in [2.45, 2.75) is 19.8 Å². The lowest BCUT2D eigenvalue weighted by atomic mass is 10.2. The Morgan fingerprint density at radius 2 is 2.35 bits per heavy atom. The van der Waals surface area contributed by atoms with Crippen LogP contribution in [-0.4, -0.2) is 40.5 Å². The average Bonchev–Trinajstić information content (AvgIpc) is 2.83. The van der Waals surface area contributed by atoms with Crippen LogP contribution >= 0.6 is 12.2 Å². The van der Waals surface area contributed by atoms with Crippen molar-refractivity contribution >= 4 is 23.2 Å². The molecular weight excluding hydrogens is 236 g/mol. The molecule has 0 spiro atoms. The van der Waals surface area contributed by atoms with E-state index < -0.39 is 0 Å². The largest absolute Gasteiger partial charge is 0.360 e. The molecule has 2 aliphatic rings. The molecule has 0 saturated carbocycles. The van der Waals surface area contributed by atoms with E-state index >= 15 is 0 Å². The molecule has 2 rings (SSSR count). The number of carbonyl (C=O) groups excluding carboxylic acids is 1. The molecule has 17 heavy (non-hydrogen) atoms. The molecule has 0 aliphatic carbocycles. The van der Waals surface area contributed by atoms with Crippen LogP contribution in [0.1, 0.15) is 19.8 Å². The number of nitriles is 1. The molecule has 90 valence electrons. The second kappa shape index (κ2) is 4.72. The Kier molecular flexibility index (Phi) is 3.29. The van der Waals surface area contributed by atoms with Gasteiger partial charge >= 0.3 is 0 Å². The molecule has 0 aromatic carbocycles. The standard InChI is InChI=1S/C11H14N4OS/c1-2-15-9(10(16)13-11(15)17)8-4-3-6-14(8)7-5-12/h2-4,6-7H2,1H3,(H,13,16,17)/b9-8-. The third kappa shape index (κ3) is 1.98. The fourth-order valence-corrected chi connectivity index (χ4v) is 2.61. The molecule has 1 amide bonds. The maximum absolute atomic E-state index is 11.9. The van der Waals surface area contributed by atoms with E-state index in [9.17, 15) is 4.79 Å². The number of thiocarbonyl (C=S) groups is 1. The van der Waals surface area contributed by atoms with Crippen molar-refractivity contribution in [1.82, 2.24) is 15.1 Å². The van der Waals surface area contributed by atoms with Crippen molar-refractivity contribution in [2.75, 3.05) is 19.6 Å². The van der Waals surface area contributed by atoms with Crippen LogP contribution < -0.4 is 5.32 Å². The first-order valence-electron chi connectivity index (χ1n) is 5.67. The minimum Gasteiger partial charge on any atom is -0.360 e. The number of nitrogens with zero attached hydrogens (tertiary/aromatic N) is 3. The topological polar surface area (TPSA) is 59.4 Å². The Bertz CT molecular complexity index is 437. The van der Waals surface area contributed by atoms with Gasteiger partial charge in [-0.1, -0.05) is 0 Å². The molecule has 2 heterocycles. The normalized spacial score (nSPS) is 24.2. The Hall–Kier alpha value is -1.61. The van der Waals surface area contributed by atoms with Crippen LogP contribution in [0.3, 0.4) is 0 Å². The molecule has 5 nitrogen and oxygen atoms in total. The smallest absolute Gasteiger partial charge is 0.275 e. The van der Waals surface area contributed by atoms with Gasteiger partial charge in [0.2, 0.25) is 0 Å². The molecule has 2 aliphatic heterocycles. The Labute approximate surface area is 106 Å². The van der Waals surface area contributed by atoms with E-state index in [0.717, 1.165) is 25.1 Å². The van der Waals surface area contributed by atoms with E-state index in [1.165, 1.54) is 0 Å². The van der Waals surface area contributed by atoms with Gasteiger partial charge in [-0.3, -0.25) is 10.1 Å². The van der Waals surface area contributed by atoms with E-state index in [0.29, 0.717) is 23.9 Å². The van der Waals surface area contributed by atoms with Gasteiger partial charge in [0.05, 0.1) is 6.07 Å². The Morgan fingerprint density at radius 3 is 3.00 bits per heavy atom. The first-order valence-corrected chi connectivity index (χ1v) is 6.07. The van der Waals surface area contributed by atoms with Crippen molar-refractivity contribution in [3.8, 4) is 6.07 Å². The van der Waals surface area contributed by atoms with Gasteiger partial charge in [-0.2, -0.15) is 5.26 Å². The molecule has 0 aromatic heterocycles. The molecule has 2 fully saturated rings. The summed E-state index contributed by atoms with van der Waals surface area (Å²) in [4.78, 5) is 15.7. The number of carbonyl (C=O) groups is 1. The molecule has 0 unspecified atom stereocenters. The van der Waals surface area contributed by atoms with Gasteiger partial charge in [0.25, 0.3) is 5.91 Å². The first-order chi connectivity index (χ1) is 8.19. The summed E-state index contributed by atoms with van der Waals surface area (Å²) in [5.74, 6) is -0.142. The van der Waals surface area contributed by atoms with Gasteiger partial charge in [0.1, 0.15) is 12.2 Å². The SMILES string of the molecule is CCN1C(=S)NC(=O)/C1=C1\CCCN1CC#N. The molecule has 6 heteroatoms. The number of likely N-dealkylation sites (tertiary alicyclic amines) is 1. The van der Waals surface area contributed by atoms with Crippen LogP contribution in [-0.2, 0) is 4.79 Å². The van der Waals surface area contributed by atoms with Gasteiger partial charge < -0.3 is 9.80 Å². The van der Waals surface area contributed by atoms with Gasteiger partial charge in [0, 0.05) is 18.8 Å². The van der Waals surface area contributed by atoms with Crippen molar-refractivity contribution in [1.29, 1.82) is 5.26 Å². The lowest BCUT2D eigenvalue weighted by Gasteiger charge is -2.22. The van der Waals surface area contributed by atoms with Crippen LogP contribution in [0.25, 0.3) is 0 Å². The highest BCUT2D eigenvalue weighted by atomic mass is 32.1. The second-order valence-electron chi connectivity index (χ2n) is 3.98. The summed E-state index contributed by atoms with van der Waals surface area (Å²) in [5, 5.41) is 11.9. The Morgan fingerprint density at radius 1 is 1.59 bits per heavy atom. The summed E-state index contributed by atoms with van der Waals surface area (Å²) >= 11 is 5.11. The molecule has 0 radical (unpaired) electrons. The quantitative estimate of drug-likeness (QED) is 0.441. The Balaban J connectivity index is 2.38. The fraction of sp³-hybridized carbons (Fsp3) is 0.545.